The van der Waals surface area contributed by atoms with Gasteiger partial charge in [-0.25, -0.2) is 4.79 Å². The molecule has 0 aliphatic rings. The number of aliphatic carboxylic acids is 1. The maximum atomic E-state index is 11.9. The summed E-state index contributed by atoms with van der Waals surface area (Å²) in [6.07, 6.45) is -2.29. The van der Waals surface area contributed by atoms with Crippen molar-refractivity contribution in [1.82, 2.24) is 0 Å². The number of aliphatic hydroxyl groups excluding tert-OH is 2. The van der Waals surface area contributed by atoms with Crippen LogP contribution in [0.4, 0.5) is 34.1 Å². The van der Waals surface area contributed by atoms with Gasteiger partial charge in [-0.2, -0.15) is 10.2 Å². The van der Waals surface area contributed by atoms with Crippen LogP contribution in [0.1, 0.15) is 6.42 Å². The number of non-ortho nitro benzene ring substituents is 2. The van der Waals surface area contributed by atoms with Crippen LogP contribution in [0, 0.1) is 40.5 Å². The van der Waals surface area contributed by atoms with Crippen LogP contribution in [0.25, 0.3) is 0 Å². The third-order valence-electron chi connectivity index (χ3n) is 4.49. The number of carboxylic acids is 1. The van der Waals surface area contributed by atoms with Gasteiger partial charge in [0.15, 0.2) is 5.71 Å². The number of nitro benzene ring substituents is 4. The quantitative estimate of drug-likeness (QED) is 0.137. The normalized spacial score (nSPS) is 12.4. The van der Waals surface area contributed by atoms with Gasteiger partial charge < -0.3 is 15.3 Å². The number of hydrogen-bond acceptors (Lipinski definition) is 15. The first-order chi connectivity index (χ1) is 17.8. The number of benzene rings is 2. The van der Waals surface area contributed by atoms with Gasteiger partial charge in [-0.3, -0.25) is 51.3 Å². The van der Waals surface area contributed by atoms with Crippen molar-refractivity contribution in [1.29, 1.82) is 0 Å². The summed E-state index contributed by atoms with van der Waals surface area (Å²) in [5.41, 5.74) is -1.16. The Morgan fingerprint density at radius 2 is 1.26 bits per heavy atom. The number of hydrogen-bond donors (Lipinski definition) is 5. The van der Waals surface area contributed by atoms with Crippen molar-refractivity contribution in [2.45, 2.75) is 12.5 Å². The molecular formula is C18H16N8O12. The van der Waals surface area contributed by atoms with Crippen LogP contribution in [0.5, 0.6) is 0 Å². The van der Waals surface area contributed by atoms with Gasteiger partial charge in [-0.1, -0.05) is 0 Å². The van der Waals surface area contributed by atoms with E-state index in [1.807, 2.05) is 0 Å². The van der Waals surface area contributed by atoms with Gasteiger partial charge in [0.2, 0.25) is 0 Å². The van der Waals surface area contributed by atoms with E-state index in [-0.39, 0.29) is 0 Å². The molecule has 0 radical (unpaired) electrons. The number of carboxylic acid groups (broad SMARTS) is 1. The Bertz CT molecular complexity index is 1360. The molecule has 0 unspecified atom stereocenters. The Morgan fingerprint density at radius 1 is 0.816 bits per heavy atom. The molecule has 0 fully saturated rings. The van der Waals surface area contributed by atoms with Crippen LogP contribution in [-0.4, -0.2) is 65.1 Å². The number of hydrazone groups is 2. The summed E-state index contributed by atoms with van der Waals surface area (Å²) in [5, 5.41) is 80.2. The van der Waals surface area contributed by atoms with Gasteiger partial charge >= 0.3 is 17.3 Å². The van der Waals surface area contributed by atoms with Crippen LogP contribution in [0.2, 0.25) is 0 Å². The highest BCUT2D eigenvalue weighted by Crippen LogP contribution is 2.30. The third-order valence-corrected chi connectivity index (χ3v) is 4.49. The van der Waals surface area contributed by atoms with Crippen LogP contribution in [0.3, 0.4) is 0 Å². The second kappa shape index (κ2) is 12.4. The first-order valence-electron chi connectivity index (χ1n) is 9.90. The summed E-state index contributed by atoms with van der Waals surface area (Å²) in [7, 11) is 0. The molecule has 0 saturated carbocycles. The minimum atomic E-state index is -1.80. The first-order valence-corrected chi connectivity index (χ1v) is 9.90. The second-order valence-corrected chi connectivity index (χ2v) is 7.02. The van der Waals surface area contributed by atoms with Gasteiger partial charge in [0.1, 0.15) is 11.4 Å². The SMILES string of the molecule is O=C(O)C(=N\Nc1ccc([N+](=O)[O-])cc1[N+](=O)[O-])/C(C[C@H](O)CO)=N/Nc1ccc([N+](=O)[O-])cc1[N+](=O)[O-]. The minimum absolute atomic E-state index is 0.416. The maximum absolute atomic E-state index is 11.9. The van der Waals surface area contributed by atoms with Crippen molar-refractivity contribution in [3.63, 3.8) is 0 Å². The largest absolute Gasteiger partial charge is 0.476 e. The molecule has 2 aromatic carbocycles. The van der Waals surface area contributed by atoms with E-state index in [4.69, 9.17) is 5.11 Å². The summed E-state index contributed by atoms with van der Waals surface area (Å²) in [4.78, 5) is 52.5. The highest BCUT2D eigenvalue weighted by molar-refractivity contribution is 6.65. The maximum Gasteiger partial charge on any atom is 0.358 e. The average molecular weight is 536 g/mol. The molecule has 0 bridgehead atoms. The Morgan fingerprint density at radius 3 is 1.63 bits per heavy atom. The van der Waals surface area contributed by atoms with E-state index in [0.717, 1.165) is 24.3 Å². The molecule has 20 nitrogen and oxygen atoms in total. The van der Waals surface area contributed by atoms with Crippen molar-refractivity contribution in [2.75, 3.05) is 17.5 Å². The van der Waals surface area contributed by atoms with E-state index in [2.05, 4.69) is 21.1 Å². The molecule has 0 aliphatic carbocycles. The fourth-order valence-electron chi connectivity index (χ4n) is 2.72. The van der Waals surface area contributed by atoms with Crippen molar-refractivity contribution < 1.29 is 39.8 Å². The molecular weight excluding hydrogens is 520 g/mol. The summed E-state index contributed by atoms with van der Waals surface area (Å²) in [5.74, 6) is -1.80. The van der Waals surface area contributed by atoms with Crippen molar-refractivity contribution in [3.05, 3.63) is 76.9 Å². The lowest BCUT2D eigenvalue weighted by Crippen LogP contribution is -2.30. The fourth-order valence-corrected chi connectivity index (χ4v) is 2.72. The zero-order valence-corrected chi connectivity index (χ0v) is 18.7. The summed E-state index contributed by atoms with van der Waals surface area (Å²) in [6.45, 7) is -0.870. The van der Waals surface area contributed by atoms with Gasteiger partial charge in [0.25, 0.3) is 11.4 Å². The first kappa shape index (κ1) is 28.6. The molecule has 0 saturated heterocycles. The second-order valence-electron chi connectivity index (χ2n) is 7.02. The van der Waals surface area contributed by atoms with Crippen LogP contribution in [-0.2, 0) is 4.79 Å². The van der Waals surface area contributed by atoms with Crippen molar-refractivity contribution in [3.8, 4) is 0 Å². The average Bonchev–Trinajstić information content (AvgIpc) is 2.86. The number of nitrogens with zero attached hydrogens (tertiary/aromatic N) is 6. The number of anilines is 2. The van der Waals surface area contributed by atoms with E-state index in [1.165, 1.54) is 0 Å². The highest BCUT2D eigenvalue weighted by atomic mass is 16.6. The number of aliphatic hydroxyl groups is 2. The zero-order chi connectivity index (χ0) is 28.6. The molecule has 2 rings (SSSR count). The van der Waals surface area contributed by atoms with Gasteiger partial charge in [0.05, 0.1) is 50.2 Å². The van der Waals surface area contributed by atoms with Gasteiger partial charge in [0, 0.05) is 18.6 Å². The van der Waals surface area contributed by atoms with Crippen molar-refractivity contribution in [2.24, 2.45) is 10.2 Å². The predicted octanol–water partition coefficient (Wildman–Crippen LogP) is 1.38. The molecule has 0 heterocycles. The lowest BCUT2D eigenvalue weighted by Gasteiger charge is -2.12. The number of rotatable bonds is 13. The molecule has 0 amide bonds. The highest BCUT2D eigenvalue weighted by Gasteiger charge is 2.25. The number of nitro groups is 4. The Kier molecular flexibility index (Phi) is 9.31. The van der Waals surface area contributed by atoms with E-state index >= 15 is 0 Å². The summed E-state index contributed by atoms with van der Waals surface area (Å²) >= 11 is 0. The van der Waals surface area contributed by atoms with Gasteiger partial charge in [-0.15, -0.1) is 0 Å². The third kappa shape index (κ3) is 7.19. The molecule has 38 heavy (non-hydrogen) atoms. The summed E-state index contributed by atoms with van der Waals surface area (Å²) in [6, 6.07) is 4.78. The Balaban J connectivity index is 2.54. The van der Waals surface area contributed by atoms with Crippen molar-refractivity contribution >= 4 is 51.5 Å². The van der Waals surface area contributed by atoms with E-state index in [0.29, 0.717) is 12.1 Å². The van der Waals surface area contributed by atoms with E-state index in [1.54, 1.807) is 0 Å². The summed E-state index contributed by atoms with van der Waals surface area (Å²) < 4.78 is 0. The molecule has 0 spiro atoms. The van der Waals surface area contributed by atoms with E-state index < -0.39 is 90.3 Å². The predicted molar refractivity (Wildman–Crippen MR) is 127 cm³/mol. The topological polar surface area (TPSA) is 299 Å². The van der Waals surface area contributed by atoms with Crippen LogP contribution >= 0.6 is 0 Å². The molecule has 5 N–H and O–H groups in total. The molecule has 20 heteroatoms. The zero-order valence-electron chi connectivity index (χ0n) is 18.7. The van der Waals surface area contributed by atoms with Crippen LogP contribution < -0.4 is 10.9 Å². The Labute approximate surface area is 209 Å². The minimum Gasteiger partial charge on any atom is -0.476 e. The number of nitrogens with one attached hydrogen (secondary N) is 2. The standard InChI is InChI=1S/C18H16N8O12/c27-8-11(28)7-14(21-19-12-3-1-9(23(31)32)5-15(12)25(35)36)17(18(29)30)22-20-13-4-2-10(24(33)34)6-16(13)26(37)38/h1-6,11,19-20,27-28H,7-8H2,(H,29,30)/b21-14+,22-17-/t11-/m0/s1. The monoisotopic (exact) mass is 536 g/mol. The van der Waals surface area contributed by atoms with Gasteiger partial charge in [-0.05, 0) is 12.1 Å². The fraction of sp³-hybridized carbons (Fsp3) is 0.167. The molecule has 0 aliphatic heterocycles. The smallest absolute Gasteiger partial charge is 0.358 e. The molecule has 1 atom stereocenters. The van der Waals surface area contributed by atoms with Crippen LogP contribution in [0.15, 0.2) is 46.6 Å². The number of carbonyl (C=O) groups is 1. The molecule has 0 aromatic heterocycles. The molecule has 200 valence electrons. The Hall–Kier alpha value is -5.63. The lowest BCUT2D eigenvalue weighted by atomic mass is 10.1. The lowest BCUT2D eigenvalue weighted by molar-refractivity contribution is -0.393. The molecule has 2 aromatic rings. The van der Waals surface area contributed by atoms with E-state index in [9.17, 15) is 55.5 Å².